The van der Waals surface area contributed by atoms with Gasteiger partial charge < -0.3 is 14.4 Å². The number of amides is 1. The summed E-state index contributed by atoms with van der Waals surface area (Å²) in [6.45, 7) is 2.10. The smallest absolute Gasteiger partial charge is 0.246 e. The van der Waals surface area contributed by atoms with Crippen molar-refractivity contribution < 1.29 is 22.7 Å². The van der Waals surface area contributed by atoms with Crippen LogP contribution in [0.5, 0.6) is 11.5 Å². The second-order valence-electron chi connectivity index (χ2n) is 7.43. The molecule has 0 spiro atoms. The molecule has 0 radical (unpaired) electrons. The van der Waals surface area contributed by atoms with E-state index in [9.17, 15) is 18.5 Å². The molecule has 9 heteroatoms. The van der Waals surface area contributed by atoms with Crippen molar-refractivity contribution in [1.29, 1.82) is 5.26 Å². The first-order valence-corrected chi connectivity index (χ1v) is 11.8. The average Bonchev–Trinajstić information content (AvgIpc) is 3.07. The highest BCUT2D eigenvalue weighted by Crippen LogP contribution is 2.30. The number of fused-ring (bicyclic) bond motifs is 1. The molecule has 4 rings (SSSR count). The number of hydrogen-bond donors (Lipinski definition) is 0. The lowest BCUT2D eigenvalue weighted by Crippen LogP contribution is -2.50. The molecule has 0 aromatic heterocycles. The quantitative estimate of drug-likeness (QED) is 0.659. The Morgan fingerprint density at radius 1 is 1.00 bits per heavy atom. The van der Waals surface area contributed by atoms with Crippen molar-refractivity contribution in [3.63, 3.8) is 0 Å². The first-order chi connectivity index (χ1) is 15.5. The molecule has 0 saturated carbocycles. The number of nitriles is 1. The fraction of sp³-hybridized carbons (Fsp3) is 0.304. The molecule has 2 aliphatic heterocycles. The monoisotopic (exact) mass is 453 g/mol. The maximum atomic E-state index is 12.9. The largest absolute Gasteiger partial charge is 0.490 e. The van der Waals surface area contributed by atoms with Gasteiger partial charge in [-0.15, -0.1) is 0 Å². The minimum Gasteiger partial charge on any atom is -0.490 e. The predicted octanol–water partition coefficient (Wildman–Crippen LogP) is 2.27. The third kappa shape index (κ3) is 4.61. The van der Waals surface area contributed by atoms with Crippen LogP contribution in [0.15, 0.2) is 53.4 Å². The van der Waals surface area contributed by atoms with Crippen LogP contribution < -0.4 is 9.47 Å². The molecule has 0 bridgehead atoms. The summed E-state index contributed by atoms with van der Waals surface area (Å²) in [6.07, 6.45) is 4.01. The van der Waals surface area contributed by atoms with Gasteiger partial charge in [-0.3, -0.25) is 4.79 Å². The number of rotatable bonds is 4. The highest BCUT2D eigenvalue weighted by molar-refractivity contribution is 7.89. The van der Waals surface area contributed by atoms with Crippen LogP contribution in [0.1, 0.15) is 17.5 Å². The van der Waals surface area contributed by atoms with E-state index in [1.54, 1.807) is 23.1 Å². The standard InChI is InChI=1S/C23H23N3O5S/c24-17-19-4-1-2-5-22(19)32(28,29)26-12-10-25(11-13-26)23(27)9-7-18-6-8-20-21(16-18)31-15-3-14-30-20/h1-2,4-9,16H,3,10-15H2. The van der Waals surface area contributed by atoms with Gasteiger partial charge in [-0.05, 0) is 35.9 Å². The van der Waals surface area contributed by atoms with Gasteiger partial charge in [0.15, 0.2) is 11.5 Å². The summed E-state index contributed by atoms with van der Waals surface area (Å²) in [5, 5.41) is 9.22. The molecule has 32 heavy (non-hydrogen) atoms. The van der Waals surface area contributed by atoms with E-state index >= 15 is 0 Å². The maximum Gasteiger partial charge on any atom is 0.246 e. The van der Waals surface area contributed by atoms with E-state index in [2.05, 4.69) is 0 Å². The van der Waals surface area contributed by atoms with Gasteiger partial charge in [0, 0.05) is 38.7 Å². The van der Waals surface area contributed by atoms with Gasteiger partial charge in [0.25, 0.3) is 0 Å². The van der Waals surface area contributed by atoms with Crippen molar-refractivity contribution in [2.75, 3.05) is 39.4 Å². The molecule has 166 valence electrons. The lowest BCUT2D eigenvalue weighted by Gasteiger charge is -2.33. The molecule has 2 aromatic rings. The van der Waals surface area contributed by atoms with Crippen molar-refractivity contribution in [2.24, 2.45) is 0 Å². The van der Waals surface area contributed by atoms with Crippen molar-refractivity contribution in [3.05, 3.63) is 59.7 Å². The Bertz CT molecular complexity index is 1180. The summed E-state index contributed by atoms with van der Waals surface area (Å²) >= 11 is 0. The van der Waals surface area contributed by atoms with Crippen LogP contribution in [-0.4, -0.2) is 62.9 Å². The van der Waals surface area contributed by atoms with Crippen LogP contribution in [0.4, 0.5) is 0 Å². The summed E-state index contributed by atoms with van der Waals surface area (Å²) in [7, 11) is -3.79. The van der Waals surface area contributed by atoms with Crippen molar-refractivity contribution >= 4 is 22.0 Å². The second kappa shape index (κ2) is 9.42. The zero-order valence-electron chi connectivity index (χ0n) is 17.4. The van der Waals surface area contributed by atoms with Crippen molar-refractivity contribution in [2.45, 2.75) is 11.3 Å². The van der Waals surface area contributed by atoms with Gasteiger partial charge in [0.2, 0.25) is 15.9 Å². The van der Waals surface area contributed by atoms with Gasteiger partial charge in [-0.1, -0.05) is 18.2 Å². The predicted molar refractivity (Wildman–Crippen MR) is 118 cm³/mol. The van der Waals surface area contributed by atoms with Crippen LogP contribution in [-0.2, 0) is 14.8 Å². The molecule has 2 aromatic carbocycles. The third-order valence-corrected chi connectivity index (χ3v) is 7.32. The number of nitrogens with zero attached hydrogens (tertiary/aromatic N) is 3. The summed E-state index contributed by atoms with van der Waals surface area (Å²) in [6, 6.07) is 13.6. The highest BCUT2D eigenvalue weighted by atomic mass is 32.2. The molecule has 1 fully saturated rings. The second-order valence-corrected chi connectivity index (χ2v) is 9.33. The SMILES string of the molecule is N#Cc1ccccc1S(=O)(=O)N1CCN(C(=O)C=Cc2ccc3c(c2)OCCCO3)CC1. The lowest BCUT2D eigenvalue weighted by molar-refractivity contribution is -0.127. The Hall–Kier alpha value is -3.35. The summed E-state index contributed by atoms with van der Waals surface area (Å²) in [5.41, 5.74) is 0.931. The molecule has 1 saturated heterocycles. The maximum absolute atomic E-state index is 12.9. The Labute approximate surface area is 187 Å². The van der Waals surface area contributed by atoms with Gasteiger partial charge in [0.1, 0.15) is 6.07 Å². The minimum atomic E-state index is -3.79. The minimum absolute atomic E-state index is 0.00317. The van der Waals surface area contributed by atoms with Crippen LogP contribution in [0, 0.1) is 11.3 Å². The van der Waals surface area contributed by atoms with Gasteiger partial charge in [-0.25, -0.2) is 8.42 Å². The zero-order valence-corrected chi connectivity index (χ0v) is 18.3. The van der Waals surface area contributed by atoms with Crippen LogP contribution in [0.25, 0.3) is 6.08 Å². The lowest BCUT2D eigenvalue weighted by atomic mass is 10.2. The third-order valence-electron chi connectivity index (χ3n) is 5.37. The van der Waals surface area contributed by atoms with E-state index in [1.807, 2.05) is 24.3 Å². The molecule has 2 heterocycles. The Kier molecular flexibility index (Phi) is 6.44. The van der Waals surface area contributed by atoms with Crippen molar-refractivity contribution in [1.82, 2.24) is 9.21 Å². The Balaban J connectivity index is 1.39. The number of benzene rings is 2. The molecule has 0 atom stereocenters. The van der Waals surface area contributed by atoms with E-state index in [1.165, 1.54) is 22.5 Å². The van der Waals surface area contributed by atoms with Crippen LogP contribution in [0.3, 0.4) is 0 Å². The number of hydrogen-bond acceptors (Lipinski definition) is 6. The molecule has 0 N–H and O–H groups in total. The first-order valence-electron chi connectivity index (χ1n) is 10.3. The number of carbonyl (C=O) groups is 1. The molecule has 2 aliphatic rings. The highest BCUT2D eigenvalue weighted by Gasteiger charge is 2.31. The summed E-state index contributed by atoms with van der Waals surface area (Å²) in [4.78, 5) is 14.2. The van der Waals surface area contributed by atoms with E-state index in [0.717, 1.165) is 12.0 Å². The molecule has 0 unspecified atom stereocenters. The number of ether oxygens (including phenoxy) is 2. The van der Waals surface area contributed by atoms with E-state index < -0.39 is 10.0 Å². The fourth-order valence-electron chi connectivity index (χ4n) is 3.63. The Morgan fingerprint density at radius 2 is 1.72 bits per heavy atom. The zero-order chi connectivity index (χ0) is 22.6. The molecule has 1 amide bonds. The van der Waals surface area contributed by atoms with Crippen LogP contribution >= 0.6 is 0 Å². The van der Waals surface area contributed by atoms with E-state index in [4.69, 9.17) is 9.47 Å². The van der Waals surface area contributed by atoms with Crippen molar-refractivity contribution in [3.8, 4) is 17.6 Å². The van der Waals surface area contributed by atoms with Gasteiger partial charge in [-0.2, -0.15) is 9.57 Å². The van der Waals surface area contributed by atoms with E-state index in [-0.39, 0.29) is 42.5 Å². The topological polar surface area (TPSA) is 99.9 Å². The summed E-state index contributed by atoms with van der Waals surface area (Å²) in [5.74, 6) is 1.17. The fourth-order valence-corrected chi connectivity index (χ4v) is 5.19. The average molecular weight is 454 g/mol. The number of piperazine rings is 1. The first kappa shape index (κ1) is 21.9. The molecular formula is C23H23N3O5S. The number of sulfonamides is 1. The normalized spacial score (nSPS) is 17.0. The van der Waals surface area contributed by atoms with Crippen LogP contribution in [0.2, 0.25) is 0 Å². The van der Waals surface area contributed by atoms with Gasteiger partial charge >= 0.3 is 0 Å². The number of carbonyl (C=O) groups excluding carboxylic acids is 1. The Morgan fingerprint density at radius 3 is 2.47 bits per heavy atom. The molecular weight excluding hydrogens is 430 g/mol. The van der Waals surface area contributed by atoms with E-state index in [0.29, 0.717) is 24.7 Å². The van der Waals surface area contributed by atoms with Gasteiger partial charge in [0.05, 0.1) is 23.7 Å². The molecule has 8 nitrogen and oxygen atoms in total. The molecule has 0 aliphatic carbocycles. The summed E-state index contributed by atoms with van der Waals surface area (Å²) < 4.78 is 38.5.